The molecule has 3 rings (SSSR count). The van der Waals surface area contributed by atoms with Crippen LogP contribution in [0.1, 0.15) is 24.8 Å². The summed E-state index contributed by atoms with van der Waals surface area (Å²) < 4.78 is 10.5. The van der Waals surface area contributed by atoms with Crippen LogP contribution in [0.5, 0.6) is 0 Å². The van der Waals surface area contributed by atoms with Gasteiger partial charge >= 0.3 is 12.1 Å². The van der Waals surface area contributed by atoms with Gasteiger partial charge in [0.25, 0.3) is 0 Å². The van der Waals surface area contributed by atoms with Crippen LogP contribution >= 0.6 is 11.8 Å². The maximum atomic E-state index is 12.5. The van der Waals surface area contributed by atoms with Crippen molar-refractivity contribution in [2.45, 2.75) is 38.0 Å². The zero-order valence-electron chi connectivity index (χ0n) is 16.0. The number of hydrogen-bond donors (Lipinski definition) is 0. The highest BCUT2D eigenvalue weighted by Gasteiger charge is 2.44. The monoisotopic (exact) mass is 406 g/mol. The molecule has 0 N–H and O–H groups in total. The molecule has 0 aromatic heterocycles. The van der Waals surface area contributed by atoms with Crippen LogP contribution in [0.2, 0.25) is 0 Å². The zero-order valence-corrected chi connectivity index (χ0v) is 16.9. The molecular formula is C20H26N2O5S. The first-order chi connectivity index (χ1) is 13.6. The van der Waals surface area contributed by atoms with Crippen LogP contribution in [0.4, 0.5) is 4.79 Å². The van der Waals surface area contributed by atoms with Crippen molar-refractivity contribution in [3.63, 3.8) is 0 Å². The van der Waals surface area contributed by atoms with Gasteiger partial charge in [-0.1, -0.05) is 30.3 Å². The Balaban J connectivity index is 1.54. The molecule has 0 spiro atoms. The van der Waals surface area contributed by atoms with Crippen LogP contribution in [0, 0.1) is 0 Å². The summed E-state index contributed by atoms with van der Waals surface area (Å²) >= 11 is 1.65. The smallest absolute Gasteiger partial charge is 0.410 e. The molecule has 2 aliphatic heterocycles. The fraction of sp³-hybridized carbons (Fsp3) is 0.550. The number of esters is 1. The zero-order chi connectivity index (χ0) is 19.9. The molecule has 28 heavy (non-hydrogen) atoms. The summed E-state index contributed by atoms with van der Waals surface area (Å²) in [6.07, 6.45) is 3.32. The molecule has 0 radical (unpaired) electrons. The van der Waals surface area contributed by atoms with E-state index in [1.54, 1.807) is 11.8 Å². The quantitative estimate of drug-likeness (QED) is 0.647. The molecule has 2 aliphatic rings. The second-order valence-electron chi connectivity index (χ2n) is 6.95. The minimum Gasteiger partial charge on any atom is -0.459 e. The summed E-state index contributed by atoms with van der Waals surface area (Å²) in [5.74, 6) is 0.510. The Morgan fingerprint density at radius 2 is 1.93 bits per heavy atom. The number of ether oxygens (including phenoxy) is 2. The van der Waals surface area contributed by atoms with Crippen molar-refractivity contribution in [3.8, 4) is 0 Å². The molecule has 152 valence electrons. The lowest BCUT2D eigenvalue weighted by Crippen LogP contribution is -2.52. The van der Waals surface area contributed by atoms with E-state index in [4.69, 9.17) is 9.47 Å². The van der Waals surface area contributed by atoms with E-state index in [0.29, 0.717) is 32.4 Å². The number of carbonyl (C=O) groups excluding carboxylic acids is 3. The van der Waals surface area contributed by atoms with Gasteiger partial charge in [0.15, 0.2) is 6.04 Å². The van der Waals surface area contributed by atoms with Crippen molar-refractivity contribution in [2.75, 3.05) is 31.7 Å². The van der Waals surface area contributed by atoms with E-state index in [1.165, 1.54) is 4.90 Å². The number of carbonyl (C=O) groups is 3. The molecule has 0 saturated carbocycles. The third-order valence-corrected chi connectivity index (χ3v) is 5.75. The van der Waals surface area contributed by atoms with Gasteiger partial charge in [-0.05, 0) is 24.7 Å². The van der Waals surface area contributed by atoms with Gasteiger partial charge in [-0.3, -0.25) is 9.69 Å². The van der Waals surface area contributed by atoms with Gasteiger partial charge in [0.1, 0.15) is 13.2 Å². The molecule has 2 fully saturated rings. The number of amides is 2. The van der Waals surface area contributed by atoms with Crippen LogP contribution in [0.3, 0.4) is 0 Å². The normalized spacial score (nSPS) is 20.2. The topological polar surface area (TPSA) is 76.2 Å². The fourth-order valence-corrected chi connectivity index (χ4v) is 3.96. The number of hydrogen-bond acceptors (Lipinski definition) is 6. The van der Waals surface area contributed by atoms with Crippen LogP contribution in [0.25, 0.3) is 0 Å². The van der Waals surface area contributed by atoms with E-state index >= 15 is 0 Å². The molecule has 1 atom stereocenters. The number of rotatable bonds is 7. The molecular weight excluding hydrogens is 380 g/mol. The number of piperidine rings is 1. The number of nitrogens with zero attached hydrogens (tertiary/aromatic N) is 2. The summed E-state index contributed by atoms with van der Waals surface area (Å²) in [6, 6.07) is 8.58. The largest absolute Gasteiger partial charge is 0.459 e. The lowest BCUT2D eigenvalue weighted by Gasteiger charge is -2.37. The van der Waals surface area contributed by atoms with E-state index in [-0.39, 0.29) is 25.2 Å². The highest BCUT2D eigenvalue weighted by molar-refractivity contribution is 7.98. The van der Waals surface area contributed by atoms with Crippen molar-refractivity contribution < 1.29 is 23.9 Å². The van der Waals surface area contributed by atoms with E-state index < -0.39 is 18.1 Å². The van der Waals surface area contributed by atoms with Gasteiger partial charge in [-0.2, -0.15) is 11.8 Å². The maximum Gasteiger partial charge on any atom is 0.410 e. The minimum absolute atomic E-state index is 0.0132. The van der Waals surface area contributed by atoms with Gasteiger partial charge in [0.2, 0.25) is 5.91 Å². The predicted molar refractivity (Wildman–Crippen MR) is 106 cm³/mol. The maximum absolute atomic E-state index is 12.5. The molecule has 0 bridgehead atoms. The molecule has 0 aliphatic carbocycles. The van der Waals surface area contributed by atoms with Gasteiger partial charge in [0.05, 0.1) is 0 Å². The summed E-state index contributed by atoms with van der Waals surface area (Å²) in [5.41, 5.74) is 0.893. The van der Waals surface area contributed by atoms with Crippen LogP contribution in [0.15, 0.2) is 30.3 Å². The van der Waals surface area contributed by atoms with Crippen LogP contribution in [-0.4, -0.2) is 71.6 Å². The number of cyclic esters (lactones) is 1. The number of likely N-dealkylation sites (tertiary alicyclic amines) is 1. The predicted octanol–water partition coefficient (Wildman–Crippen LogP) is 2.29. The average molecular weight is 407 g/mol. The van der Waals surface area contributed by atoms with Crippen molar-refractivity contribution in [1.29, 1.82) is 0 Å². The van der Waals surface area contributed by atoms with Gasteiger partial charge in [-0.15, -0.1) is 0 Å². The highest BCUT2D eigenvalue weighted by atomic mass is 32.2. The first-order valence-electron chi connectivity index (χ1n) is 9.52. The van der Waals surface area contributed by atoms with Crippen molar-refractivity contribution in [3.05, 3.63) is 35.9 Å². The second-order valence-corrected chi connectivity index (χ2v) is 7.93. The Morgan fingerprint density at radius 1 is 1.21 bits per heavy atom. The summed E-state index contributed by atoms with van der Waals surface area (Å²) in [4.78, 5) is 40.3. The van der Waals surface area contributed by atoms with Gasteiger partial charge in [-0.25, -0.2) is 9.59 Å². The second kappa shape index (κ2) is 9.82. The van der Waals surface area contributed by atoms with E-state index in [0.717, 1.165) is 11.3 Å². The lowest BCUT2D eigenvalue weighted by atomic mass is 10.0. The Bertz CT molecular complexity index is 691. The van der Waals surface area contributed by atoms with Crippen molar-refractivity contribution in [2.24, 2.45) is 0 Å². The summed E-state index contributed by atoms with van der Waals surface area (Å²) in [6.45, 7) is 1.36. The minimum atomic E-state index is -0.722. The first-order valence-corrected chi connectivity index (χ1v) is 10.9. The Hall–Kier alpha value is -2.22. The Morgan fingerprint density at radius 3 is 2.61 bits per heavy atom. The van der Waals surface area contributed by atoms with Gasteiger partial charge < -0.3 is 14.4 Å². The number of benzene rings is 1. The van der Waals surface area contributed by atoms with Gasteiger partial charge in [0, 0.05) is 31.3 Å². The third-order valence-electron chi connectivity index (χ3n) is 5.14. The van der Waals surface area contributed by atoms with E-state index in [1.807, 2.05) is 41.5 Å². The van der Waals surface area contributed by atoms with Crippen LogP contribution in [-0.2, 0) is 25.7 Å². The first kappa shape index (κ1) is 20.5. The summed E-state index contributed by atoms with van der Waals surface area (Å²) in [5, 5.41) is 0. The highest BCUT2D eigenvalue weighted by Crippen LogP contribution is 2.25. The molecule has 2 saturated heterocycles. The molecule has 1 aromatic carbocycles. The summed E-state index contributed by atoms with van der Waals surface area (Å²) in [7, 11) is 0. The molecule has 1 aromatic rings. The van der Waals surface area contributed by atoms with Crippen LogP contribution < -0.4 is 0 Å². The van der Waals surface area contributed by atoms with Crippen molar-refractivity contribution in [1.82, 2.24) is 9.80 Å². The Labute approximate surface area is 169 Å². The number of thioether (sulfide) groups is 1. The lowest BCUT2D eigenvalue weighted by molar-refractivity contribution is -0.150. The average Bonchev–Trinajstić information content (AvgIpc) is 3.12. The molecule has 0 unspecified atom stereocenters. The van der Waals surface area contributed by atoms with Crippen molar-refractivity contribution >= 4 is 29.7 Å². The molecule has 2 heterocycles. The Kier molecular flexibility index (Phi) is 7.19. The molecule has 2 amide bonds. The van der Waals surface area contributed by atoms with E-state index in [9.17, 15) is 14.4 Å². The third kappa shape index (κ3) is 4.98. The fourth-order valence-electron chi connectivity index (χ4n) is 3.58. The SMILES string of the molecule is CSCCC(=O)N1CCC(N2C(=O)OC[C@H]2C(=O)OCc2ccccc2)CC1. The van der Waals surface area contributed by atoms with E-state index in [2.05, 4.69) is 0 Å². The molecule has 8 heteroatoms. The standard InChI is InChI=1S/C20H26N2O5S/c1-28-12-9-18(23)21-10-7-16(8-11-21)22-17(14-27-20(22)25)19(24)26-13-15-5-3-2-4-6-15/h2-6,16-17H,7-14H2,1H3/t17-/m0/s1. The molecule has 7 nitrogen and oxygen atoms in total.